The van der Waals surface area contributed by atoms with Crippen LogP contribution in [0.4, 0.5) is 5.69 Å². The van der Waals surface area contributed by atoms with E-state index >= 15 is 0 Å². The normalized spacial score (nSPS) is 10.6. The van der Waals surface area contributed by atoms with Crippen LogP contribution in [0, 0.1) is 0 Å². The maximum Gasteiger partial charge on any atom is 0.257 e. The predicted octanol–water partition coefficient (Wildman–Crippen LogP) is 5.28. The Bertz CT molecular complexity index is 1220. The van der Waals surface area contributed by atoms with Gasteiger partial charge in [0, 0.05) is 27.9 Å². The number of anilines is 1. The van der Waals surface area contributed by atoms with Crippen LogP contribution < -0.4 is 15.4 Å². The quantitative estimate of drug-likeness (QED) is 0.423. The van der Waals surface area contributed by atoms with Crippen molar-refractivity contribution in [2.45, 2.75) is 0 Å². The number of benzene rings is 3. The van der Waals surface area contributed by atoms with Gasteiger partial charge in [0.25, 0.3) is 5.91 Å². The summed E-state index contributed by atoms with van der Waals surface area (Å²) in [6.45, 7) is 0. The molecule has 3 aromatic carbocycles. The van der Waals surface area contributed by atoms with Crippen molar-refractivity contribution in [1.82, 2.24) is 10.3 Å². The molecule has 0 bridgehead atoms. The summed E-state index contributed by atoms with van der Waals surface area (Å²) < 4.78 is 11.0. The Balaban J connectivity index is 1.42. The Kier molecular flexibility index (Phi) is 5.65. The fourth-order valence-electron chi connectivity index (χ4n) is 2.79. The molecule has 0 aliphatic carbocycles. The summed E-state index contributed by atoms with van der Waals surface area (Å²) in [7, 11) is 1.61. The summed E-state index contributed by atoms with van der Waals surface area (Å²) in [4.78, 5) is 16.7. The molecule has 1 amide bonds. The van der Waals surface area contributed by atoms with Gasteiger partial charge in [0.1, 0.15) is 11.3 Å². The van der Waals surface area contributed by atoms with Crippen molar-refractivity contribution in [1.29, 1.82) is 0 Å². The predicted molar refractivity (Wildman–Crippen MR) is 121 cm³/mol. The summed E-state index contributed by atoms with van der Waals surface area (Å²) in [5, 5.41) is 6.37. The number of nitrogens with one attached hydrogen (secondary N) is 2. The Hall–Kier alpha value is -3.42. The topological polar surface area (TPSA) is 76.4 Å². The first-order valence-corrected chi connectivity index (χ1v) is 9.73. The van der Waals surface area contributed by atoms with Crippen LogP contribution in [-0.4, -0.2) is 23.1 Å². The number of hydrogen-bond donors (Lipinski definition) is 2. The molecule has 150 valence electrons. The average molecular weight is 438 g/mol. The van der Waals surface area contributed by atoms with Crippen molar-refractivity contribution in [3.63, 3.8) is 0 Å². The van der Waals surface area contributed by atoms with Crippen LogP contribution in [0.15, 0.2) is 71.1 Å². The number of aromatic nitrogens is 1. The van der Waals surface area contributed by atoms with Gasteiger partial charge in [0.2, 0.25) is 5.89 Å². The first kappa shape index (κ1) is 19.9. The van der Waals surface area contributed by atoms with Crippen molar-refractivity contribution < 1.29 is 13.9 Å². The maximum absolute atomic E-state index is 12.2. The zero-order valence-electron chi connectivity index (χ0n) is 15.8. The molecular formula is C22H16ClN3O3S. The van der Waals surface area contributed by atoms with Gasteiger partial charge in [0.15, 0.2) is 10.7 Å². The third-order valence-electron chi connectivity index (χ3n) is 4.32. The molecule has 0 unspecified atom stereocenters. The molecule has 0 aliphatic heterocycles. The number of oxazole rings is 1. The third-order valence-corrected chi connectivity index (χ3v) is 4.77. The molecule has 2 N–H and O–H groups in total. The van der Waals surface area contributed by atoms with Crippen molar-refractivity contribution in [3.05, 3.63) is 77.3 Å². The molecule has 0 saturated carbocycles. The SMILES string of the molecule is COc1ccc2oc(-c3ccc(NC(=S)NC(=O)c4ccc(Cl)cc4)cc3)nc2c1. The molecule has 0 fully saturated rings. The van der Waals surface area contributed by atoms with Crippen LogP contribution in [-0.2, 0) is 0 Å². The first-order valence-electron chi connectivity index (χ1n) is 8.95. The van der Waals surface area contributed by atoms with Crippen LogP contribution >= 0.6 is 23.8 Å². The Morgan fingerprint density at radius 3 is 2.50 bits per heavy atom. The van der Waals surface area contributed by atoms with Crippen LogP contribution in [0.3, 0.4) is 0 Å². The fourth-order valence-corrected chi connectivity index (χ4v) is 3.13. The molecule has 4 rings (SSSR count). The molecule has 0 atom stereocenters. The summed E-state index contributed by atoms with van der Waals surface area (Å²) in [6.07, 6.45) is 0. The number of carbonyl (C=O) groups excluding carboxylic acids is 1. The van der Waals surface area contributed by atoms with Crippen LogP contribution in [0.25, 0.3) is 22.6 Å². The average Bonchev–Trinajstić information content (AvgIpc) is 3.17. The Morgan fingerprint density at radius 2 is 1.80 bits per heavy atom. The van der Waals surface area contributed by atoms with Crippen LogP contribution in [0.1, 0.15) is 10.4 Å². The smallest absolute Gasteiger partial charge is 0.257 e. The molecule has 0 aliphatic rings. The number of amides is 1. The second-order valence-electron chi connectivity index (χ2n) is 6.35. The van der Waals surface area contributed by atoms with E-state index in [-0.39, 0.29) is 11.0 Å². The standard InChI is InChI=1S/C22H16ClN3O3S/c1-28-17-10-11-19-18(12-17)25-21(29-19)14-4-8-16(9-5-14)24-22(30)26-20(27)13-2-6-15(23)7-3-13/h2-12H,1H3,(H2,24,26,27,30). The number of hydrogen-bond acceptors (Lipinski definition) is 5. The highest BCUT2D eigenvalue weighted by atomic mass is 35.5. The van der Waals surface area contributed by atoms with E-state index in [0.717, 1.165) is 22.5 Å². The molecule has 8 heteroatoms. The Labute approximate surface area is 182 Å². The molecule has 1 aromatic heterocycles. The lowest BCUT2D eigenvalue weighted by Gasteiger charge is -2.10. The number of carbonyl (C=O) groups is 1. The highest BCUT2D eigenvalue weighted by Gasteiger charge is 2.11. The van der Waals surface area contributed by atoms with Gasteiger partial charge in [0.05, 0.1) is 7.11 Å². The maximum atomic E-state index is 12.2. The fraction of sp³-hybridized carbons (Fsp3) is 0.0455. The minimum absolute atomic E-state index is 0.191. The molecule has 1 heterocycles. The highest BCUT2D eigenvalue weighted by Crippen LogP contribution is 2.27. The zero-order valence-corrected chi connectivity index (χ0v) is 17.4. The van der Waals surface area contributed by atoms with Gasteiger partial charge >= 0.3 is 0 Å². The van der Waals surface area contributed by atoms with Gasteiger partial charge < -0.3 is 14.5 Å². The number of thiocarbonyl (C=S) groups is 1. The van der Waals surface area contributed by atoms with E-state index in [4.69, 9.17) is 33.0 Å². The lowest BCUT2D eigenvalue weighted by Crippen LogP contribution is -2.34. The van der Waals surface area contributed by atoms with E-state index in [0.29, 0.717) is 22.1 Å². The number of ether oxygens (including phenoxy) is 1. The number of nitrogens with zero attached hydrogens (tertiary/aromatic N) is 1. The largest absolute Gasteiger partial charge is 0.497 e. The monoisotopic (exact) mass is 437 g/mol. The molecule has 30 heavy (non-hydrogen) atoms. The van der Waals surface area contributed by atoms with Gasteiger partial charge in [-0.2, -0.15) is 0 Å². The second kappa shape index (κ2) is 8.52. The number of halogens is 1. The van der Waals surface area contributed by atoms with Gasteiger partial charge in [-0.25, -0.2) is 4.98 Å². The number of fused-ring (bicyclic) bond motifs is 1. The molecular weight excluding hydrogens is 422 g/mol. The third kappa shape index (κ3) is 4.42. The minimum Gasteiger partial charge on any atom is -0.497 e. The number of methoxy groups -OCH3 is 1. The highest BCUT2D eigenvalue weighted by molar-refractivity contribution is 7.80. The minimum atomic E-state index is -0.317. The van der Waals surface area contributed by atoms with Gasteiger partial charge in [-0.05, 0) is 72.9 Å². The molecule has 0 spiro atoms. The van der Waals surface area contributed by atoms with E-state index in [1.165, 1.54) is 0 Å². The van der Waals surface area contributed by atoms with Crippen LogP contribution in [0.5, 0.6) is 5.75 Å². The van der Waals surface area contributed by atoms with Crippen LogP contribution in [0.2, 0.25) is 5.02 Å². The van der Waals surface area contributed by atoms with E-state index in [1.54, 1.807) is 31.4 Å². The second-order valence-corrected chi connectivity index (χ2v) is 7.19. The van der Waals surface area contributed by atoms with Crippen molar-refractivity contribution in [2.24, 2.45) is 0 Å². The summed E-state index contributed by atoms with van der Waals surface area (Å²) in [5.41, 5.74) is 3.40. The van der Waals surface area contributed by atoms with E-state index in [9.17, 15) is 4.79 Å². The number of rotatable bonds is 4. The van der Waals surface area contributed by atoms with E-state index in [2.05, 4.69) is 15.6 Å². The van der Waals surface area contributed by atoms with E-state index < -0.39 is 0 Å². The lowest BCUT2D eigenvalue weighted by atomic mass is 10.2. The van der Waals surface area contributed by atoms with E-state index in [1.807, 2.05) is 42.5 Å². The Morgan fingerprint density at radius 1 is 1.07 bits per heavy atom. The van der Waals surface area contributed by atoms with Gasteiger partial charge in [-0.3, -0.25) is 10.1 Å². The first-order chi connectivity index (χ1) is 14.5. The summed E-state index contributed by atoms with van der Waals surface area (Å²) in [5.74, 6) is 0.905. The molecule has 0 saturated heterocycles. The van der Waals surface area contributed by atoms with Crippen molar-refractivity contribution in [2.75, 3.05) is 12.4 Å². The van der Waals surface area contributed by atoms with Crippen molar-refractivity contribution >= 4 is 51.6 Å². The van der Waals surface area contributed by atoms with Gasteiger partial charge in [-0.15, -0.1) is 0 Å². The molecule has 0 radical (unpaired) electrons. The molecule has 6 nitrogen and oxygen atoms in total. The van der Waals surface area contributed by atoms with Crippen molar-refractivity contribution in [3.8, 4) is 17.2 Å². The summed E-state index contributed by atoms with van der Waals surface area (Å²) in [6, 6.07) is 19.4. The lowest BCUT2D eigenvalue weighted by molar-refractivity contribution is 0.0977. The molecule has 4 aromatic rings. The summed E-state index contributed by atoms with van der Waals surface area (Å²) >= 11 is 11.1. The van der Waals surface area contributed by atoms with Gasteiger partial charge in [-0.1, -0.05) is 11.6 Å². The zero-order chi connectivity index (χ0) is 21.1.